The predicted octanol–water partition coefficient (Wildman–Crippen LogP) is 2.57. The maximum Gasteiger partial charge on any atom is 0.187 e. The van der Waals surface area contributed by atoms with Gasteiger partial charge in [-0.1, -0.05) is 30.3 Å². The van der Waals surface area contributed by atoms with Gasteiger partial charge in [0.1, 0.15) is 18.9 Å². The maximum absolute atomic E-state index is 6.11. The van der Waals surface area contributed by atoms with Crippen molar-refractivity contribution in [1.29, 1.82) is 0 Å². The number of nitrogen functional groups attached to an aromatic ring is 2. The van der Waals surface area contributed by atoms with Crippen molar-refractivity contribution in [2.45, 2.75) is 0 Å². The molecule has 4 N–H and O–H groups in total. The molecule has 0 unspecified atom stereocenters. The lowest BCUT2D eigenvalue weighted by atomic mass is 10.0. The molecule has 24 heavy (non-hydrogen) atoms. The summed E-state index contributed by atoms with van der Waals surface area (Å²) in [5.41, 5.74) is 14.8. The minimum Gasteiger partial charge on any atom is -0.487 e. The molecule has 0 aliphatic rings. The zero-order valence-electron chi connectivity index (χ0n) is 14.1. The summed E-state index contributed by atoms with van der Waals surface area (Å²) in [6.45, 7) is 1.61. The van der Waals surface area contributed by atoms with Gasteiger partial charge in [-0.2, -0.15) is 0 Å². The van der Waals surface area contributed by atoms with Gasteiger partial charge in [-0.3, -0.25) is 0 Å². The van der Waals surface area contributed by atoms with Crippen LogP contribution in [0.3, 0.4) is 0 Å². The van der Waals surface area contributed by atoms with Gasteiger partial charge in [-0.05, 0) is 11.6 Å². The molecule has 0 aliphatic carbocycles. The average molecular weight is 332 g/mol. The van der Waals surface area contributed by atoms with Crippen LogP contribution in [0.15, 0.2) is 36.4 Å². The number of anilines is 2. The molecule has 0 saturated heterocycles. The number of hydrogen-bond donors (Lipinski definition) is 2. The van der Waals surface area contributed by atoms with E-state index in [9.17, 15) is 0 Å². The van der Waals surface area contributed by atoms with E-state index in [-0.39, 0.29) is 0 Å². The zero-order chi connectivity index (χ0) is 17.4. The Morgan fingerprint density at radius 3 is 1.96 bits per heavy atom. The first-order valence-corrected chi connectivity index (χ1v) is 7.69. The average Bonchev–Trinajstić information content (AvgIpc) is 2.61. The van der Waals surface area contributed by atoms with Crippen molar-refractivity contribution in [3.05, 3.63) is 36.4 Å². The van der Waals surface area contributed by atoms with Crippen LogP contribution >= 0.6 is 0 Å². The highest BCUT2D eigenvalue weighted by atomic mass is 16.5. The molecule has 0 atom stereocenters. The van der Waals surface area contributed by atoms with Gasteiger partial charge in [0.2, 0.25) is 0 Å². The Morgan fingerprint density at radius 1 is 0.792 bits per heavy atom. The second kappa shape index (κ2) is 9.00. The van der Waals surface area contributed by atoms with Crippen LogP contribution in [0.2, 0.25) is 0 Å². The van der Waals surface area contributed by atoms with Crippen LogP contribution in [0.4, 0.5) is 11.4 Å². The fraction of sp³-hybridized carbons (Fsp3) is 0.333. The molecule has 2 aromatic carbocycles. The first-order valence-electron chi connectivity index (χ1n) is 7.69. The Kier molecular flexibility index (Phi) is 6.72. The molecule has 0 aromatic heterocycles. The monoisotopic (exact) mass is 332 g/mol. The highest BCUT2D eigenvalue weighted by Crippen LogP contribution is 2.45. The summed E-state index contributed by atoms with van der Waals surface area (Å²) in [6, 6.07) is 11.6. The second-order valence-corrected chi connectivity index (χ2v) is 5.13. The van der Waals surface area contributed by atoms with Crippen LogP contribution in [0, 0.1) is 0 Å². The van der Waals surface area contributed by atoms with Gasteiger partial charge in [0.05, 0.1) is 18.9 Å². The number of benzene rings is 2. The quantitative estimate of drug-likeness (QED) is 0.542. The molecular weight excluding hydrogens is 308 g/mol. The lowest BCUT2D eigenvalue weighted by Crippen LogP contribution is -2.12. The van der Waals surface area contributed by atoms with Crippen molar-refractivity contribution in [1.82, 2.24) is 0 Å². The van der Waals surface area contributed by atoms with Crippen molar-refractivity contribution in [2.24, 2.45) is 0 Å². The Bertz CT molecular complexity index is 647. The van der Waals surface area contributed by atoms with Crippen molar-refractivity contribution in [3.63, 3.8) is 0 Å². The molecule has 0 fully saturated rings. The highest BCUT2D eigenvalue weighted by molar-refractivity contribution is 5.86. The van der Waals surface area contributed by atoms with E-state index < -0.39 is 0 Å². The SMILES string of the molecule is COCCOc1c(-c2ccccc2)cc(N)c(N)c1OCCOC. The summed E-state index contributed by atoms with van der Waals surface area (Å²) >= 11 is 0. The first-order chi connectivity index (χ1) is 11.7. The van der Waals surface area contributed by atoms with E-state index in [4.69, 9.17) is 30.4 Å². The minimum atomic E-state index is 0.346. The summed E-state index contributed by atoms with van der Waals surface area (Å²) in [6.07, 6.45) is 0. The highest BCUT2D eigenvalue weighted by Gasteiger charge is 2.19. The smallest absolute Gasteiger partial charge is 0.187 e. The molecule has 130 valence electrons. The van der Waals surface area contributed by atoms with Gasteiger partial charge in [0, 0.05) is 19.8 Å². The minimum absolute atomic E-state index is 0.346. The predicted molar refractivity (Wildman–Crippen MR) is 95.4 cm³/mol. The van der Waals surface area contributed by atoms with Crippen LogP contribution < -0.4 is 20.9 Å². The van der Waals surface area contributed by atoms with E-state index in [1.54, 1.807) is 20.3 Å². The van der Waals surface area contributed by atoms with Crippen molar-refractivity contribution >= 4 is 11.4 Å². The number of ether oxygens (including phenoxy) is 4. The van der Waals surface area contributed by atoms with Gasteiger partial charge in [0.15, 0.2) is 11.5 Å². The lowest BCUT2D eigenvalue weighted by molar-refractivity contribution is 0.133. The molecule has 0 heterocycles. The summed E-state index contributed by atoms with van der Waals surface area (Å²) in [4.78, 5) is 0. The Labute approximate surface area is 142 Å². The summed E-state index contributed by atoms with van der Waals surface area (Å²) in [5.74, 6) is 0.989. The standard InChI is InChI=1S/C18H24N2O4/c1-21-8-10-23-17-14(13-6-4-3-5-7-13)12-15(19)16(20)18(17)24-11-9-22-2/h3-7,12H,8-11,19-20H2,1-2H3. The molecule has 0 radical (unpaired) electrons. The summed E-state index contributed by atoms with van der Waals surface area (Å²) < 4.78 is 21.8. The summed E-state index contributed by atoms with van der Waals surface area (Å²) in [5, 5.41) is 0. The van der Waals surface area contributed by atoms with E-state index in [0.717, 1.165) is 11.1 Å². The Balaban J connectivity index is 2.47. The third kappa shape index (κ3) is 4.31. The van der Waals surface area contributed by atoms with Crippen LogP contribution in [0.5, 0.6) is 11.5 Å². The molecule has 0 saturated carbocycles. The van der Waals surface area contributed by atoms with E-state index in [2.05, 4.69) is 0 Å². The van der Waals surface area contributed by atoms with E-state index in [0.29, 0.717) is 49.3 Å². The van der Waals surface area contributed by atoms with Gasteiger partial charge in [-0.25, -0.2) is 0 Å². The van der Waals surface area contributed by atoms with Gasteiger partial charge in [-0.15, -0.1) is 0 Å². The van der Waals surface area contributed by atoms with Crippen LogP contribution in [-0.2, 0) is 9.47 Å². The van der Waals surface area contributed by atoms with Crippen molar-refractivity contribution in [2.75, 3.05) is 52.1 Å². The molecule has 2 aromatic rings. The molecule has 0 aliphatic heterocycles. The molecule has 0 bridgehead atoms. The summed E-state index contributed by atoms with van der Waals surface area (Å²) in [7, 11) is 3.23. The number of methoxy groups -OCH3 is 2. The molecule has 0 spiro atoms. The second-order valence-electron chi connectivity index (χ2n) is 5.13. The van der Waals surface area contributed by atoms with E-state index >= 15 is 0 Å². The molecule has 0 amide bonds. The van der Waals surface area contributed by atoms with Crippen molar-refractivity contribution in [3.8, 4) is 22.6 Å². The zero-order valence-corrected chi connectivity index (χ0v) is 14.1. The molecule has 2 rings (SSSR count). The van der Waals surface area contributed by atoms with Crippen LogP contribution in [0.25, 0.3) is 11.1 Å². The van der Waals surface area contributed by atoms with Crippen LogP contribution in [-0.4, -0.2) is 40.6 Å². The fourth-order valence-electron chi connectivity index (χ4n) is 2.25. The third-order valence-electron chi connectivity index (χ3n) is 3.46. The van der Waals surface area contributed by atoms with E-state index in [1.807, 2.05) is 30.3 Å². The first kappa shape index (κ1) is 17.9. The largest absolute Gasteiger partial charge is 0.487 e. The molecule has 6 nitrogen and oxygen atoms in total. The Morgan fingerprint density at radius 2 is 1.38 bits per heavy atom. The third-order valence-corrected chi connectivity index (χ3v) is 3.46. The molecular formula is C18H24N2O4. The molecule has 6 heteroatoms. The number of rotatable bonds is 9. The van der Waals surface area contributed by atoms with Gasteiger partial charge >= 0.3 is 0 Å². The topological polar surface area (TPSA) is 89.0 Å². The maximum atomic E-state index is 6.11. The van der Waals surface area contributed by atoms with Crippen LogP contribution in [0.1, 0.15) is 0 Å². The lowest BCUT2D eigenvalue weighted by Gasteiger charge is -2.19. The van der Waals surface area contributed by atoms with E-state index in [1.165, 1.54) is 0 Å². The Hall–Kier alpha value is -2.44. The number of hydrogen-bond acceptors (Lipinski definition) is 6. The fourth-order valence-corrected chi connectivity index (χ4v) is 2.25. The van der Waals surface area contributed by atoms with Crippen molar-refractivity contribution < 1.29 is 18.9 Å². The number of nitrogens with two attached hydrogens (primary N) is 2. The normalized spacial score (nSPS) is 10.6. The van der Waals surface area contributed by atoms with Gasteiger partial charge in [0.25, 0.3) is 0 Å². The van der Waals surface area contributed by atoms with Gasteiger partial charge < -0.3 is 30.4 Å².